The van der Waals surface area contributed by atoms with Crippen molar-refractivity contribution in [3.63, 3.8) is 0 Å². The van der Waals surface area contributed by atoms with Gasteiger partial charge in [-0.2, -0.15) is 4.31 Å². The Morgan fingerprint density at radius 2 is 1.83 bits per heavy atom. The average molecular weight is 419 g/mol. The summed E-state index contributed by atoms with van der Waals surface area (Å²) in [5.74, 6) is 0.438. The maximum atomic E-state index is 13.0. The summed E-state index contributed by atoms with van der Waals surface area (Å²) in [5.41, 5.74) is 1.93. The number of hydrogen-bond donors (Lipinski definition) is 1. The lowest BCUT2D eigenvalue weighted by molar-refractivity contribution is 0.0730. The molecule has 1 heterocycles. The third kappa shape index (κ3) is 5.14. The number of ether oxygens (including phenoxy) is 2. The van der Waals surface area contributed by atoms with Crippen LogP contribution in [0.2, 0.25) is 0 Å². The number of carbonyl (C=O) groups excluding carboxylic acids is 1. The fourth-order valence-corrected chi connectivity index (χ4v) is 4.75. The Kier molecular flexibility index (Phi) is 6.89. The number of amides is 1. The van der Waals surface area contributed by atoms with E-state index in [1.807, 2.05) is 31.2 Å². The lowest BCUT2D eigenvalue weighted by atomic mass is 10.1. The van der Waals surface area contributed by atoms with Crippen molar-refractivity contribution >= 4 is 15.9 Å². The lowest BCUT2D eigenvalue weighted by Gasteiger charge is -2.26. The minimum atomic E-state index is -3.67. The SMILES string of the molecule is Cc1ccccc1OCCNC(=O)c1ccc(C)c(S(=O)(=O)N2CCOCC2)c1. The first-order valence-electron chi connectivity index (χ1n) is 9.55. The third-order valence-electron chi connectivity index (χ3n) is 4.78. The summed E-state index contributed by atoms with van der Waals surface area (Å²) in [6, 6.07) is 12.4. The van der Waals surface area contributed by atoms with Crippen LogP contribution < -0.4 is 10.1 Å². The molecule has 0 unspecified atom stereocenters. The molecule has 1 saturated heterocycles. The Morgan fingerprint density at radius 3 is 2.55 bits per heavy atom. The quantitative estimate of drug-likeness (QED) is 0.697. The zero-order valence-electron chi connectivity index (χ0n) is 16.7. The highest BCUT2D eigenvalue weighted by atomic mass is 32.2. The number of hydrogen-bond acceptors (Lipinski definition) is 5. The topological polar surface area (TPSA) is 84.9 Å². The molecule has 1 amide bonds. The highest BCUT2D eigenvalue weighted by molar-refractivity contribution is 7.89. The molecule has 3 rings (SSSR count). The van der Waals surface area contributed by atoms with Gasteiger partial charge in [0, 0.05) is 18.7 Å². The Hall–Kier alpha value is -2.42. The zero-order valence-corrected chi connectivity index (χ0v) is 17.5. The van der Waals surface area contributed by atoms with Crippen LogP contribution >= 0.6 is 0 Å². The number of benzene rings is 2. The van der Waals surface area contributed by atoms with Crippen LogP contribution in [0, 0.1) is 13.8 Å². The van der Waals surface area contributed by atoms with Crippen molar-refractivity contribution < 1.29 is 22.7 Å². The summed E-state index contributed by atoms with van der Waals surface area (Å²) >= 11 is 0. The maximum Gasteiger partial charge on any atom is 0.251 e. The van der Waals surface area contributed by atoms with Crippen LogP contribution in [0.15, 0.2) is 47.4 Å². The molecule has 0 spiro atoms. The van der Waals surface area contributed by atoms with E-state index in [0.717, 1.165) is 11.3 Å². The monoisotopic (exact) mass is 418 g/mol. The molecule has 2 aromatic rings. The lowest BCUT2D eigenvalue weighted by Crippen LogP contribution is -2.41. The van der Waals surface area contributed by atoms with E-state index in [4.69, 9.17) is 9.47 Å². The second kappa shape index (κ2) is 9.39. The predicted molar refractivity (Wildman–Crippen MR) is 110 cm³/mol. The number of carbonyl (C=O) groups is 1. The molecular weight excluding hydrogens is 392 g/mol. The second-order valence-electron chi connectivity index (χ2n) is 6.87. The number of aryl methyl sites for hydroxylation is 2. The van der Waals surface area contributed by atoms with Crippen LogP contribution in [0.1, 0.15) is 21.5 Å². The van der Waals surface area contributed by atoms with Crippen LogP contribution in [0.4, 0.5) is 0 Å². The molecular formula is C21H26N2O5S. The van der Waals surface area contributed by atoms with Crippen molar-refractivity contribution in [1.82, 2.24) is 9.62 Å². The predicted octanol–water partition coefficient (Wildman–Crippen LogP) is 2.13. The van der Waals surface area contributed by atoms with Gasteiger partial charge in [0.05, 0.1) is 24.7 Å². The molecule has 156 valence electrons. The van der Waals surface area contributed by atoms with Gasteiger partial charge >= 0.3 is 0 Å². The van der Waals surface area contributed by atoms with E-state index in [2.05, 4.69) is 5.32 Å². The zero-order chi connectivity index (χ0) is 20.9. The molecule has 1 fully saturated rings. The molecule has 0 atom stereocenters. The first-order valence-corrected chi connectivity index (χ1v) is 11.0. The van der Waals surface area contributed by atoms with Gasteiger partial charge in [0.2, 0.25) is 10.0 Å². The van der Waals surface area contributed by atoms with Crippen molar-refractivity contribution in [3.8, 4) is 5.75 Å². The number of rotatable bonds is 7. The van der Waals surface area contributed by atoms with Gasteiger partial charge in [-0.25, -0.2) is 8.42 Å². The molecule has 1 aliphatic heterocycles. The Bertz CT molecular complexity index is 969. The Labute approximate surface area is 171 Å². The van der Waals surface area contributed by atoms with Gasteiger partial charge in [-0.15, -0.1) is 0 Å². The van der Waals surface area contributed by atoms with E-state index in [0.29, 0.717) is 50.6 Å². The number of morpholine rings is 1. The molecule has 0 bridgehead atoms. The molecule has 0 aliphatic carbocycles. The molecule has 0 saturated carbocycles. The molecule has 7 nitrogen and oxygen atoms in total. The van der Waals surface area contributed by atoms with Gasteiger partial charge < -0.3 is 14.8 Å². The molecule has 8 heteroatoms. The number of sulfonamides is 1. The second-order valence-corrected chi connectivity index (χ2v) is 8.77. The van der Waals surface area contributed by atoms with Gasteiger partial charge in [-0.1, -0.05) is 24.3 Å². The molecule has 2 aromatic carbocycles. The van der Waals surface area contributed by atoms with Crippen LogP contribution in [-0.4, -0.2) is 58.1 Å². The summed E-state index contributed by atoms with van der Waals surface area (Å²) in [4.78, 5) is 12.7. The van der Waals surface area contributed by atoms with Gasteiger partial charge in [0.25, 0.3) is 5.91 Å². The molecule has 1 N–H and O–H groups in total. The summed E-state index contributed by atoms with van der Waals surface area (Å²) < 4.78 is 38.2. The number of nitrogens with zero attached hydrogens (tertiary/aromatic N) is 1. The van der Waals surface area contributed by atoms with E-state index in [9.17, 15) is 13.2 Å². The highest BCUT2D eigenvalue weighted by Gasteiger charge is 2.28. The Morgan fingerprint density at radius 1 is 1.10 bits per heavy atom. The van der Waals surface area contributed by atoms with Crippen LogP contribution in [0.3, 0.4) is 0 Å². The van der Waals surface area contributed by atoms with Crippen molar-refractivity contribution in [2.75, 3.05) is 39.5 Å². The number of nitrogens with one attached hydrogen (secondary N) is 1. The standard InChI is InChI=1S/C21H26N2O5S/c1-16-5-3-4-6-19(16)28-12-9-22-21(24)18-8-7-17(2)20(15-18)29(25,26)23-10-13-27-14-11-23/h3-8,15H,9-14H2,1-2H3,(H,22,24). The molecule has 0 aromatic heterocycles. The van der Waals surface area contributed by atoms with Crippen molar-refractivity contribution in [2.45, 2.75) is 18.7 Å². The van der Waals surface area contributed by atoms with Crippen molar-refractivity contribution in [3.05, 3.63) is 59.2 Å². The first kappa shape index (κ1) is 21.3. The highest BCUT2D eigenvalue weighted by Crippen LogP contribution is 2.22. The van der Waals surface area contributed by atoms with E-state index < -0.39 is 10.0 Å². The fraction of sp³-hybridized carbons (Fsp3) is 0.381. The molecule has 1 aliphatic rings. The van der Waals surface area contributed by atoms with Gasteiger partial charge in [0.1, 0.15) is 12.4 Å². The normalized spacial score (nSPS) is 15.1. The summed E-state index contributed by atoms with van der Waals surface area (Å²) in [5, 5.41) is 2.77. The van der Waals surface area contributed by atoms with Crippen molar-refractivity contribution in [1.29, 1.82) is 0 Å². The van der Waals surface area contributed by atoms with E-state index >= 15 is 0 Å². The van der Waals surface area contributed by atoms with Crippen molar-refractivity contribution in [2.24, 2.45) is 0 Å². The Balaban J connectivity index is 1.64. The third-order valence-corrected chi connectivity index (χ3v) is 6.82. The van der Waals surface area contributed by atoms with Crippen LogP contribution in [0.5, 0.6) is 5.75 Å². The van der Waals surface area contributed by atoms with Crippen LogP contribution in [0.25, 0.3) is 0 Å². The van der Waals surface area contributed by atoms with E-state index in [1.165, 1.54) is 10.4 Å². The summed E-state index contributed by atoms with van der Waals surface area (Å²) in [6.45, 7) is 5.69. The maximum absolute atomic E-state index is 13.0. The molecule has 0 radical (unpaired) electrons. The largest absolute Gasteiger partial charge is 0.491 e. The van der Waals surface area contributed by atoms with E-state index in [1.54, 1.807) is 19.1 Å². The first-order chi connectivity index (χ1) is 13.9. The van der Waals surface area contributed by atoms with Crippen LogP contribution in [-0.2, 0) is 14.8 Å². The summed E-state index contributed by atoms with van der Waals surface area (Å²) in [6.07, 6.45) is 0. The fourth-order valence-electron chi connectivity index (χ4n) is 3.09. The van der Waals surface area contributed by atoms with Gasteiger partial charge in [-0.3, -0.25) is 4.79 Å². The average Bonchev–Trinajstić information content (AvgIpc) is 2.73. The smallest absolute Gasteiger partial charge is 0.251 e. The molecule has 29 heavy (non-hydrogen) atoms. The number of para-hydroxylation sites is 1. The van der Waals surface area contributed by atoms with E-state index in [-0.39, 0.29) is 10.8 Å². The minimum absolute atomic E-state index is 0.156. The van der Waals surface area contributed by atoms with Gasteiger partial charge in [0.15, 0.2) is 0 Å². The minimum Gasteiger partial charge on any atom is -0.491 e. The van der Waals surface area contributed by atoms with Gasteiger partial charge in [-0.05, 0) is 43.2 Å². The summed E-state index contributed by atoms with van der Waals surface area (Å²) in [7, 11) is -3.67.